The van der Waals surface area contributed by atoms with Crippen molar-refractivity contribution in [2.45, 2.75) is 6.54 Å². The van der Waals surface area contributed by atoms with Crippen molar-refractivity contribution in [3.63, 3.8) is 0 Å². The van der Waals surface area contributed by atoms with Gasteiger partial charge in [-0.25, -0.2) is 0 Å². The van der Waals surface area contributed by atoms with Gasteiger partial charge in [0.15, 0.2) is 0 Å². The largest absolute Gasteiger partial charge is 0.379 e. The molecule has 2 amide bonds. The third-order valence-electron chi connectivity index (χ3n) is 3.88. The molecular formula is C17H19BrN4O3. The normalized spacial score (nSPS) is 14.9. The van der Waals surface area contributed by atoms with Crippen LogP contribution in [0.1, 0.15) is 26.4 Å². The van der Waals surface area contributed by atoms with E-state index in [2.05, 4.69) is 36.7 Å². The van der Waals surface area contributed by atoms with Crippen molar-refractivity contribution in [1.82, 2.24) is 20.7 Å². The summed E-state index contributed by atoms with van der Waals surface area (Å²) in [5.74, 6) is -0.772. The molecule has 1 aromatic heterocycles. The Bertz CT molecular complexity index is 756. The summed E-state index contributed by atoms with van der Waals surface area (Å²) < 4.78 is 6.10. The molecule has 8 heteroatoms. The number of halogens is 1. The van der Waals surface area contributed by atoms with Gasteiger partial charge in [-0.1, -0.05) is 12.1 Å². The molecule has 0 radical (unpaired) electrons. The number of nitrogens with one attached hydrogen (secondary N) is 3. The first-order valence-corrected chi connectivity index (χ1v) is 8.75. The van der Waals surface area contributed by atoms with Crippen LogP contribution in [0, 0.1) is 0 Å². The molecule has 1 aromatic carbocycles. The second-order valence-electron chi connectivity index (χ2n) is 5.73. The molecule has 0 saturated carbocycles. The maximum atomic E-state index is 12.3. The van der Waals surface area contributed by atoms with Gasteiger partial charge in [-0.05, 0) is 39.7 Å². The van der Waals surface area contributed by atoms with E-state index in [1.807, 2.05) is 18.2 Å². The average Bonchev–Trinajstić information content (AvgIpc) is 3.07. The fraction of sp³-hybridized carbons (Fsp3) is 0.294. The number of carbonyl (C=O) groups is 2. The van der Waals surface area contributed by atoms with Crippen LogP contribution in [0.2, 0.25) is 0 Å². The highest BCUT2D eigenvalue weighted by molar-refractivity contribution is 9.10. The smallest absolute Gasteiger partial charge is 0.286 e. The SMILES string of the molecule is O=C(NNC(=O)c1cc(Br)c[nH]1)c1cccc(CN2CCOCC2)c1. The number of hydrazine groups is 1. The summed E-state index contributed by atoms with van der Waals surface area (Å²) in [6, 6.07) is 9.01. The van der Waals surface area contributed by atoms with Gasteiger partial charge < -0.3 is 9.72 Å². The molecule has 1 saturated heterocycles. The molecule has 7 nitrogen and oxygen atoms in total. The average molecular weight is 407 g/mol. The molecule has 25 heavy (non-hydrogen) atoms. The summed E-state index contributed by atoms with van der Waals surface area (Å²) in [6.45, 7) is 4.02. The van der Waals surface area contributed by atoms with E-state index < -0.39 is 5.91 Å². The van der Waals surface area contributed by atoms with Gasteiger partial charge in [0.25, 0.3) is 11.8 Å². The van der Waals surface area contributed by atoms with E-state index in [4.69, 9.17) is 4.74 Å². The number of hydrogen-bond donors (Lipinski definition) is 3. The molecule has 0 spiro atoms. The third-order valence-corrected chi connectivity index (χ3v) is 4.34. The Labute approximate surface area is 153 Å². The molecule has 1 fully saturated rings. The first kappa shape index (κ1) is 17.7. The van der Waals surface area contributed by atoms with Crippen LogP contribution in [0.3, 0.4) is 0 Å². The van der Waals surface area contributed by atoms with E-state index in [0.717, 1.165) is 42.9 Å². The number of aromatic nitrogens is 1. The minimum atomic E-state index is -0.413. The van der Waals surface area contributed by atoms with Crippen LogP contribution in [0.15, 0.2) is 41.0 Å². The molecule has 0 bridgehead atoms. The zero-order valence-electron chi connectivity index (χ0n) is 13.5. The van der Waals surface area contributed by atoms with Crippen molar-refractivity contribution in [2.75, 3.05) is 26.3 Å². The summed E-state index contributed by atoms with van der Waals surface area (Å²) in [5.41, 5.74) is 6.73. The highest BCUT2D eigenvalue weighted by atomic mass is 79.9. The zero-order chi connectivity index (χ0) is 17.6. The number of amides is 2. The molecule has 0 atom stereocenters. The van der Waals surface area contributed by atoms with E-state index in [1.54, 1.807) is 18.3 Å². The van der Waals surface area contributed by atoms with E-state index in [1.165, 1.54) is 0 Å². The van der Waals surface area contributed by atoms with E-state index in [-0.39, 0.29) is 5.91 Å². The van der Waals surface area contributed by atoms with Crippen molar-refractivity contribution in [3.05, 3.63) is 57.8 Å². The van der Waals surface area contributed by atoms with Gasteiger partial charge in [0.1, 0.15) is 5.69 Å². The molecule has 0 aliphatic carbocycles. The summed E-state index contributed by atoms with van der Waals surface area (Å²) >= 11 is 3.26. The number of H-pyrrole nitrogens is 1. The molecule has 3 N–H and O–H groups in total. The number of nitrogens with zero attached hydrogens (tertiary/aromatic N) is 1. The second-order valence-corrected chi connectivity index (χ2v) is 6.64. The summed E-state index contributed by atoms with van der Waals surface area (Å²) in [6.07, 6.45) is 1.64. The van der Waals surface area contributed by atoms with Crippen molar-refractivity contribution < 1.29 is 14.3 Å². The fourth-order valence-electron chi connectivity index (χ4n) is 2.58. The Morgan fingerprint density at radius 3 is 2.64 bits per heavy atom. The van der Waals surface area contributed by atoms with Gasteiger partial charge in [0, 0.05) is 35.9 Å². The maximum absolute atomic E-state index is 12.3. The first-order chi connectivity index (χ1) is 12.1. The Kier molecular flexibility index (Phi) is 5.85. The lowest BCUT2D eigenvalue weighted by Gasteiger charge is -2.26. The Morgan fingerprint density at radius 1 is 1.16 bits per heavy atom. The molecule has 132 valence electrons. The van der Waals surface area contributed by atoms with Crippen molar-refractivity contribution in [3.8, 4) is 0 Å². The number of ether oxygens (including phenoxy) is 1. The van der Waals surface area contributed by atoms with E-state index >= 15 is 0 Å². The molecule has 3 rings (SSSR count). The van der Waals surface area contributed by atoms with Crippen molar-refractivity contribution in [1.29, 1.82) is 0 Å². The third kappa shape index (κ3) is 4.91. The van der Waals surface area contributed by atoms with Gasteiger partial charge in [0.2, 0.25) is 0 Å². The second kappa shape index (κ2) is 8.28. The Hall–Kier alpha value is -2.16. The van der Waals surface area contributed by atoms with Crippen LogP contribution in [0.4, 0.5) is 0 Å². The minimum absolute atomic E-state index is 0.355. The van der Waals surface area contributed by atoms with Crippen LogP contribution >= 0.6 is 15.9 Å². The molecule has 2 aromatic rings. The predicted octanol–water partition coefficient (Wildman–Crippen LogP) is 1.68. The van der Waals surface area contributed by atoms with Gasteiger partial charge in [0.05, 0.1) is 13.2 Å². The summed E-state index contributed by atoms with van der Waals surface area (Å²) in [5, 5.41) is 0. The highest BCUT2D eigenvalue weighted by Gasteiger charge is 2.13. The maximum Gasteiger partial charge on any atom is 0.286 e. The topological polar surface area (TPSA) is 86.5 Å². The number of aromatic amines is 1. The van der Waals surface area contributed by atoms with Crippen molar-refractivity contribution >= 4 is 27.7 Å². The molecular weight excluding hydrogens is 388 g/mol. The van der Waals surface area contributed by atoms with Crippen LogP contribution in [-0.4, -0.2) is 48.0 Å². The highest BCUT2D eigenvalue weighted by Crippen LogP contribution is 2.11. The number of rotatable bonds is 4. The molecule has 2 heterocycles. The number of morpholine rings is 1. The lowest BCUT2D eigenvalue weighted by Crippen LogP contribution is -2.41. The quantitative estimate of drug-likeness (QED) is 0.674. The zero-order valence-corrected chi connectivity index (χ0v) is 15.1. The number of hydrogen-bond acceptors (Lipinski definition) is 4. The van der Waals surface area contributed by atoms with Gasteiger partial charge in [-0.2, -0.15) is 0 Å². The molecule has 0 unspecified atom stereocenters. The summed E-state index contributed by atoms with van der Waals surface area (Å²) in [7, 11) is 0. The van der Waals surface area contributed by atoms with Crippen LogP contribution in [0.5, 0.6) is 0 Å². The number of carbonyl (C=O) groups excluding carboxylic acids is 2. The molecule has 1 aliphatic heterocycles. The summed E-state index contributed by atoms with van der Waals surface area (Å²) in [4.78, 5) is 29.3. The number of benzene rings is 1. The van der Waals surface area contributed by atoms with Gasteiger partial charge in [-0.15, -0.1) is 0 Å². The Balaban J connectivity index is 1.56. The standard InChI is InChI=1S/C17H19BrN4O3/c18-14-9-15(19-10-14)17(24)21-20-16(23)13-3-1-2-12(8-13)11-22-4-6-25-7-5-22/h1-3,8-10,19H,4-7,11H2,(H,20,23)(H,21,24). The minimum Gasteiger partial charge on any atom is -0.379 e. The Morgan fingerprint density at radius 2 is 1.92 bits per heavy atom. The lowest BCUT2D eigenvalue weighted by molar-refractivity contribution is 0.0342. The monoisotopic (exact) mass is 406 g/mol. The van der Waals surface area contributed by atoms with Crippen LogP contribution in [-0.2, 0) is 11.3 Å². The van der Waals surface area contributed by atoms with E-state index in [0.29, 0.717) is 11.3 Å². The van der Waals surface area contributed by atoms with Gasteiger partial charge >= 0.3 is 0 Å². The fourth-order valence-corrected chi connectivity index (χ4v) is 2.92. The van der Waals surface area contributed by atoms with E-state index in [9.17, 15) is 9.59 Å². The molecule has 1 aliphatic rings. The van der Waals surface area contributed by atoms with Gasteiger partial charge in [-0.3, -0.25) is 25.3 Å². The van der Waals surface area contributed by atoms with Crippen LogP contribution < -0.4 is 10.9 Å². The van der Waals surface area contributed by atoms with Crippen molar-refractivity contribution in [2.24, 2.45) is 0 Å². The van der Waals surface area contributed by atoms with Crippen LogP contribution in [0.25, 0.3) is 0 Å². The first-order valence-electron chi connectivity index (χ1n) is 7.95. The predicted molar refractivity (Wildman–Crippen MR) is 96.0 cm³/mol. The lowest BCUT2D eigenvalue weighted by atomic mass is 10.1.